The Morgan fingerprint density at radius 3 is 2.48 bits per heavy atom. The highest BCUT2D eigenvalue weighted by molar-refractivity contribution is 7.99. The minimum absolute atomic E-state index is 0.101. The molecule has 132 valence electrons. The van der Waals surface area contributed by atoms with Crippen molar-refractivity contribution in [2.45, 2.75) is 24.4 Å². The number of hydrogen-bond donors (Lipinski definition) is 0. The highest BCUT2D eigenvalue weighted by Crippen LogP contribution is 2.43. The number of amides is 1. The summed E-state index contributed by atoms with van der Waals surface area (Å²) < 4.78 is 39.9. The van der Waals surface area contributed by atoms with E-state index in [0.29, 0.717) is 25.1 Å². The predicted octanol–water partition coefficient (Wildman–Crippen LogP) is 4.91. The van der Waals surface area contributed by atoms with Crippen LogP contribution in [0.15, 0.2) is 54.6 Å². The molecule has 1 amide bonds. The van der Waals surface area contributed by atoms with Gasteiger partial charge in [-0.15, -0.1) is 11.8 Å². The van der Waals surface area contributed by atoms with E-state index < -0.39 is 17.1 Å². The molecule has 0 aliphatic carbocycles. The molecule has 2 aromatic rings. The fraction of sp³-hybridized carbons (Fsp3) is 0.316. The van der Waals surface area contributed by atoms with Crippen LogP contribution in [-0.4, -0.2) is 23.1 Å². The maximum Gasteiger partial charge on any atom is 0.416 e. The number of carbonyl (C=O) groups excluding carboxylic acids is 1. The van der Waals surface area contributed by atoms with Gasteiger partial charge in [0.2, 0.25) is 5.91 Å². The van der Waals surface area contributed by atoms with Crippen LogP contribution in [0.25, 0.3) is 0 Å². The smallest absolute Gasteiger partial charge is 0.326 e. The van der Waals surface area contributed by atoms with Crippen molar-refractivity contribution in [3.63, 3.8) is 0 Å². The van der Waals surface area contributed by atoms with Crippen molar-refractivity contribution in [2.24, 2.45) is 0 Å². The number of rotatable bonds is 4. The molecule has 0 N–H and O–H groups in total. The van der Waals surface area contributed by atoms with Gasteiger partial charge < -0.3 is 4.90 Å². The topological polar surface area (TPSA) is 20.3 Å². The molecule has 1 aliphatic heterocycles. The summed E-state index contributed by atoms with van der Waals surface area (Å²) >= 11 is 1.39. The van der Waals surface area contributed by atoms with Gasteiger partial charge >= 0.3 is 6.18 Å². The first-order chi connectivity index (χ1) is 12.0. The zero-order valence-electron chi connectivity index (χ0n) is 13.5. The molecule has 0 spiro atoms. The first kappa shape index (κ1) is 17.9. The summed E-state index contributed by atoms with van der Waals surface area (Å²) in [6.45, 7) is 0.481. The number of benzene rings is 2. The summed E-state index contributed by atoms with van der Waals surface area (Å²) in [4.78, 5) is 14.2. The number of aryl methyl sites for hydroxylation is 1. The van der Waals surface area contributed by atoms with E-state index in [4.69, 9.17) is 0 Å². The zero-order chi connectivity index (χ0) is 17.9. The third kappa shape index (κ3) is 4.18. The Hall–Kier alpha value is -1.95. The van der Waals surface area contributed by atoms with Crippen LogP contribution in [0.5, 0.6) is 0 Å². The first-order valence-electron chi connectivity index (χ1n) is 8.08. The van der Waals surface area contributed by atoms with Gasteiger partial charge in [0.15, 0.2) is 0 Å². The van der Waals surface area contributed by atoms with E-state index in [1.54, 1.807) is 11.0 Å². The molecule has 1 saturated heterocycles. The molecule has 2 aromatic carbocycles. The Labute approximate surface area is 149 Å². The van der Waals surface area contributed by atoms with Crippen molar-refractivity contribution in [3.8, 4) is 0 Å². The molecule has 3 rings (SSSR count). The second-order valence-corrected chi connectivity index (χ2v) is 7.07. The lowest BCUT2D eigenvalue weighted by Crippen LogP contribution is -2.31. The van der Waals surface area contributed by atoms with Crippen molar-refractivity contribution in [1.82, 2.24) is 4.90 Å². The Kier molecular flexibility index (Phi) is 5.37. The van der Waals surface area contributed by atoms with Crippen LogP contribution in [0, 0.1) is 0 Å². The lowest BCUT2D eigenvalue weighted by atomic mass is 10.1. The Morgan fingerprint density at radius 2 is 1.76 bits per heavy atom. The van der Waals surface area contributed by atoms with Crippen molar-refractivity contribution >= 4 is 17.7 Å². The van der Waals surface area contributed by atoms with Gasteiger partial charge in [-0.2, -0.15) is 13.2 Å². The van der Waals surface area contributed by atoms with Crippen molar-refractivity contribution in [2.75, 3.05) is 12.3 Å². The first-order valence-corrected chi connectivity index (χ1v) is 9.13. The number of thioether (sulfide) groups is 1. The van der Waals surface area contributed by atoms with Crippen LogP contribution in [0.4, 0.5) is 13.2 Å². The quantitative estimate of drug-likeness (QED) is 0.767. The van der Waals surface area contributed by atoms with E-state index >= 15 is 0 Å². The summed E-state index contributed by atoms with van der Waals surface area (Å²) in [5, 5.41) is -0.568. The minimum Gasteiger partial charge on any atom is -0.326 e. The van der Waals surface area contributed by atoms with Gasteiger partial charge in [0.25, 0.3) is 0 Å². The summed E-state index contributed by atoms with van der Waals surface area (Å²) in [7, 11) is 0. The largest absolute Gasteiger partial charge is 0.416 e. The lowest BCUT2D eigenvalue weighted by Gasteiger charge is -2.26. The SMILES string of the molecule is O=C(CCc1ccccc1)N1CCS[C@H]1c1ccccc1C(F)(F)F. The van der Waals surface area contributed by atoms with E-state index in [1.807, 2.05) is 30.3 Å². The van der Waals surface area contributed by atoms with Crippen LogP contribution in [0.1, 0.15) is 28.5 Å². The molecule has 0 radical (unpaired) electrons. The summed E-state index contributed by atoms with van der Waals surface area (Å²) in [5.74, 6) is 0.546. The molecule has 1 heterocycles. The number of halogens is 3. The molecule has 0 aromatic heterocycles. The highest BCUT2D eigenvalue weighted by Gasteiger charge is 2.39. The van der Waals surface area contributed by atoms with Gasteiger partial charge in [-0.05, 0) is 23.6 Å². The Balaban J connectivity index is 1.76. The maximum absolute atomic E-state index is 13.3. The van der Waals surface area contributed by atoms with Gasteiger partial charge in [-0.25, -0.2) is 0 Å². The minimum atomic E-state index is -4.42. The molecule has 0 saturated carbocycles. The van der Waals surface area contributed by atoms with Crippen LogP contribution in [0.3, 0.4) is 0 Å². The van der Waals surface area contributed by atoms with Gasteiger partial charge in [0, 0.05) is 18.7 Å². The predicted molar refractivity (Wildman–Crippen MR) is 93.1 cm³/mol. The second-order valence-electron chi connectivity index (χ2n) is 5.88. The van der Waals surface area contributed by atoms with E-state index in [2.05, 4.69) is 0 Å². The molecular formula is C19H18F3NOS. The Bertz CT molecular complexity index is 733. The molecular weight excluding hydrogens is 347 g/mol. The fourth-order valence-corrected chi connectivity index (χ4v) is 4.31. The number of hydrogen-bond acceptors (Lipinski definition) is 2. The average Bonchev–Trinajstić information content (AvgIpc) is 3.09. The van der Waals surface area contributed by atoms with Crippen LogP contribution < -0.4 is 0 Å². The van der Waals surface area contributed by atoms with Crippen LogP contribution in [-0.2, 0) is 17.4 Å². The van der Waals surface area contributed by atoms with Crippen molar-refractivity contribution in [1.29, 1.82) is 0 Å². The number of carbonyl (C=O) groups is 1. The molecule has 6 heteroatoms. The van der Waals surface area contributed by atoms with E-state index in [9.17, 15) is 18.0 Å². The molecule has 25 heavy (non-hydrogen) atoms. The van der Waals surface area contributed by atoms with E-state index in [0.717, 1.165) is 11.6 Å². The lowest BCUT2D eigenvalue weighted by molar-refractivity contribution is -0.139. The zero-order valence-corrected chi connectivity index (χ0v) is 14.3. The van der Waals surface area contributed by atoms with E-state index in [1.165, 1.54) is 23.9 Å². The fourth-order valence-electron chi connectivity index (χ4n) is 2.99. The van der Waals surface area contributed by atoms with Gasteiger partial charge in [-0.3, -0.25) is 4.79 Å². The van der Waals surface area contributed by atoms with Gasteiger partial charge in [0.05, 0.1) is 5.56 Å². The third-order valence-corrected chi connectivity index (χ3v) is 5.46. The molecule has 1 fully saturated rings. The van der Waals surface area contributed by atoms with Crippen LogP contribution >= 0.6 is 11.8 Å². The van der Waals surface area contributed by atoms with Gasteiger partial charge in [0.1, 0.15) is 5.37 Å². The molecule has 0 unspecified atom stereocenters. The van der Waals surface area contributed by atoms with E-state index in [-0.39, 0.29) is 11.5 Å². The summed E-state index contributed by atoms with van der Waals surface area (Å²) in [6, 6.07) is 15.2. The Morgan fingerprint density at radius 1 is 1.08 bits per heavy atom. The third-order valence-electron chi connectivity index (χ3n) is 4.21. The monoisotopic (exact) mass is 365 g/mol. The molecule has 1 aliphatic rings. The maximum atomic E-state index is 13.3. The standard InChI is InChI=1S/C19H18F3NOS/c20-19(21,22)16-9-5-4-8-15(16)18-23(12-13-25-18)17(24)11-10-14-6-2-1-3-7-14/h1-9,18H,10-13H2/t18-/m0/s1. The number of alkyl halides is 3. The normalized spacial score (nSPS) is 17.7. The molecule has 2 nitrogen and oxygen atoms in total. The summed E-state index contributed by atoms with van der Waals surface area (Å²) in [6.07, 6.45) is -3.53. The average molecular weight is 365 g/mol. The second kappa shape index (κ2) is 7.52. The number of nitrogens with zero attached hydrogens (tertiary/aromatic N) is 1. The van der Waals surface area contributed by atoms with Crippen molar-refractivity contribution < 1.29 is 18.0 Å². The highest BCUT2D eigenvalue weighted by atomic mass is 32.2. The molecule has 0 bridgehead atoms. The van der Waals surface area contributed by atoms with Gasteiger partial charge in [-0.1, -0.05) is 48.5 Å². The van der Waals surface area contributed by atoms with Crippen molar-refractivity contribution in [3.05, 3.63) is 71.3 Å². The van der Waals surface area contributed by atoms with Crippen LogP contribution in [0.2, 0.25) is 0 Å². The molecule has 1 atom stereocenters. The summed E-state index contributed by atoms with van der Waals surface area (Å²) in [5.41, 5.74) is 0.566.